The molecular formula is C14H16O5. The summed E-state index contributed by atoms with van der Waals surface area (Å²) in [7, 11) is 1.12. The smallest absolute Gasteiger partial charge is 0.347 e. The zero-order valence-electron chi connectivity index (χ0n) is 10.9. The molecule has 0 fully saturated rings. The van der Waals surface area contributed by atoms with E-state index in [1.165, 1.54) is 12.1 Å². The Hall–Kier alpha value is -2.14. The third kappa shape index (κ3) is 2.82. The van der Waals surface area contributed by atoms with E-state index in [0.717, 1.165) is 7.11 Å². The predicted molar refractivity (Wildman–Crippen MR) is 68.1 cm³/mol. The normalized spacial score (nSPS) is 13.2. The molecule has 0 radical (unpaired) electrons. The van der Waals surface area contributed by atoms with Gasteiger partial charge in [0.25, 0.3) is 0 Å². The van der Waals surface area contributed by atoms with Crippen molar-refractivity contribution in [2.24, 2.45) is 0 Å². The van der Waals surface area contributed by atoms with Gasteiger partial charge in [0.15, 0.2) is 0 Å². The second-order valence-electron chi connectivity index (χ2n) is 3.77. The summed E-state index contributed by atoms with van der Waals surface area (Å²) in [5.41, 5.74) is -2.44. The molecule has 0 aliphatic heterocycles. The van der Waals surface area contributed by atoms with Gasteiger partial charge in [0.2, 0.25) is 5.60 Å². The third-order valence-corrected chi connectivity index (χ3v) is 2.63. The maximum Gasteiger partial charge on any atom is 0.347 e. The molecule has 102 valence electrons. The molecule has 5 heteroatoms. The first-order valence-electron chi connectivity index (χ1n) is 5.71. The van der Waals surface area contributed by atoms with Gasteiger partial charge in [0, 0.05) is 0 Å². The van der Waals surface area contributed by atoms with E-state index in [1.807, 2.05) is 0 Å². The van der Waals surface area contributed by atoms with Crippen LogP contribution >= 0.6 is 0 Å². The number of esters is 2. The van der Waals surface area contributed by atoms with Gasteiger partial charge in [-0.1, -0.05) is 36.9 Å². The van der Waals surface area contributed by atoms with Crippen molar-refractivity contribution in [2.45, 2.75) is 12.5 Å². The number of methoxy groups -OCH3 is 1. The van der Waals surface area contributed by atoms with Crippen LogP contribution in [0.5, 0.6) is 0 Å². The lowest BCUT2D eigenvalue weighted by atomic mass is 9.87. The molecule has 5 nitrogen and oxygen atoms in total. The Morgan fingerprint density at radius 1 is 1.32 bits per heavy atom. The maximum atomic E-state index is 11.8. The van der Waals surface area contributed by atoms with Crippen molar-refractivity contribution in [1.29, 1.82) is 0 Å². The van der Waals surface area contributed by atoms with Gasteiger partial charge in [-0.3, -0.25) is 0 Å². The summed E-state index contributed by atoms with van der Waals surface area (Å²) in [5, 5.41) is 10.5. The van der Waals surface area contributed by atoms with E-state index >= 15 is 0 Å². The van der Waals surface area contributed by atoms with Gasteiger partial charge in [-0.2, -0.15) is 0 Å². The van der Waals surface area contributed by atoms with E-state index in [4.69, 9.17) is 4.74 Å². The average molecular weight is 264 g/mol. The van der Waals surface area contributed by atoms with E-state index in [-0.39, 0.29) is 17.7 Å². The quantitative estimate of drug-likeness (QED) is 0.638. The third-order valence-electron chi connectivity index (χ3n) is 2.63. The summed E-state index contributed by atoms with van der Waals surface area (Å²) in [6.07, 6.45) is 0. The maximum absolute atomic E-state index is 11.8. The molecule has 1 rings (SSSR count). The van der Waals surface area contributed by atoms with Crippen LogP contribution < -0.4 is 0 Å². The first-order valence-corrected chi connectivity index (χ1v) is 5.71. The molecule has 19 heavy (non-hydrogen) atoms. The Morgan fingerprint density at radius 2 is 1.89 bits per heavy atom. The largest absolute Gasteiger partial charge is 0.466 e. The second kappa shape index (κ2) is 6.15. The Morgan fingerprint density at radius 3 is 2.37 bits per heavy atom. The zero-order valence-corrected chi connectivity index (χ0v) is 10.9. The highest BCUT2D eigenvalue weighted by molar-refractivity contribution is 6.00. The standard InChI is InChI=1S/C14H16O5/c1-4-19-12(15)10(2)14(17,13(16)18-3)11-8-6-5-7-9-11/h5-9,17H,2,4H2,1,3H3. The molecule has 0 aromatic heterocycles. The fraction of sp³-hybridized carbons (Fsp3) is 0.286. The highest BCUT2D eigenvalue weighted by atomic mass is 16.5. The Bertz CT molecular complexity index is 480. The molecule has 1 N–H and O–H groups in total. The molecule has 1 unspecified atom stereocenters. The van der Waals surface area contributed by atoms with Crippen molar-refractivity contribution >= 4 is 11.9 Å². The highest BCUT2D eigenvalue weighted by Crippen LogP contribution is 2.30. The molecule has 1 aromatic rings. The lowest BCUT2D eigenvalue weighted by molar-refractivity contribution is -0.163. The van der Waals surface area contributed by atoms with Crippen LogP contribution in [0.1, 0.15) is 12.5 Å². The van der Waals surface area contributed by atoms with Crippen molar-refractivity contribution in [3.8, 4) is 0 Å². The van der Waals surface area contributed by atoms with Crippen LogP contribution in [0.4, 0.5) is 0 Å². The summed E-state index contributed by atoms with van der Waals surface area (Å²) in [6, 6.07) is 7.97. The van der Waals surface area contributed by atoms with E-state index in [9.17, 15) is 14.7 Å². The topological polar surface area (TPSA) is 72.8 Å². The van der Waals surface area contributed by atoms with Crippen molar-refractivity contribution in [1.82, 2.24) is 0 Å². The minimum absolute atomic E-state index is 0.115. The molecule has 0 bridgehead atoms. The molecule has 0 saturated carbocycles. The monoisotopic (exact) mass is 264 g/mol. The van der Waals surface area contributed by atoms with Gasteiger partial charge in [0.1, 0.15) is 0 Å². The van der Waals surface area contributed by atoms with Gasteiger partial charge in [-0.05, 0) is 12.5 Å². The number of benzene rings is 1. The predicted octanol–water partition coefficient (Wildman–Crippen LogP) is 1.17. The van der Waals surface area contributed by atoms with Gasteiger partial charge >= 0.3 is 11.9 Å². The Kier molecular flexibility index (Phi) is 4.83. The Labute approximate surface area is 111 Å². The van der Waals surface area contributed by atoms with Crippen LogP contribution in [0.15, 0.2) is 42.5 Å². The summed E-state index contributed by atoms with van der Waals surface area (Å²) in [5.74, 6) is -1.84. The number of ether oxygens (including phenoxy) is 2. The fourth-order valence-corrected chi connectivity index (χ4v) is 1.61. The van der Waals surface area contributed by atoms with Crippen LogP contribution in [0.25, 0.3) is 0 Å². The number of rotatable bonds is 5. The molecule has 0 aliphatic carbocycles. The number of hydrogen-bond donors (Lipinski definition) is 1. The van der Waals surface area contributed by atoms with Crippen LogP contribution in [0, 0.1) is 0 Å². The first kappa shape index (κ1) is 14.9. The lowest BCUT2D eigenvalue weighted by Crippen LogP contribution is -2.41. The van der Waals surface area contributed by atoms with Crippen LogP contribution in [-0.2, 0) is 24.7 Å². The SMILES string of the molecule is C=C(C(=O)OCC)C(O)(C(=O)OC)c1ccccc1. The summed E-state index contributed by atoms with van der Waals surface area (Å²) >= 11 is 0. The number of carbonyl (C=O) groups excluding carboxylic acids is 2. The van der Waals surface area contributed by atoms with Gasteiger partial charge in [-0.25, -0.2) is 9.59 Å². The molecule has 0 aliphatic rings. The molecule has 1 atom stereocenters. The van der Waals surface area contributed by atoms with Crippen molar-refractivity contribution < 1.29 is 24.2 Å². The summed E-state index contributed by atoms with van der Waals surface area (Å²) in [4.78, 5) is 23.5. The minimum Gasteiger partial charge on any atom is -0.466 e. The molecule has 1 aromatic carbocycles. The van der Waals surface area contributed by atoms with Crippen molar-refractivity contribution in [2.75, 3.05) is 13.7 Å². The van der Waals surface area contributed by atoms with Gasteiger partial charge in [0.05, 0.1) is 19.3 Å². The van der Waals surface area contributed by atoms with Gasteiger partial charge < -0.3 is 14.6 Å². The van der Waals surface area contributed by atoms with E-state index in [2.05, 4.69) is 11.3 Å². The van der Waals surface area contributed by atoms with Gasteiger partial charge in [-0.15, -0.1) is 0 Å². The van der Waals surface area contributed by atoms with Crippen molar-refractivity contribution in [3.05, 3.63) is 48.0 Å². The van der Waals surface area contributed by atoms with E-state index < -0.39 is 17.5 Å². The van der Waals surface area contributed by atoms with Crippen molar-refractivity contribution in [3.63, 3.8) is 0 Å². The lowest BCUT2D eigenvalue weighted by Gasteiger charge is -2.26. The molecular weight excluding hydrogens is 248 g/mol. The van der Waals surface area contributed by atoms with Crippen LogP contribution in [0.2, 0.25) is 0 Å². The average Bonchev–Trinajstić information content (AvgIpc) is 2.45. The summed E-state index contributed by atoms with van der Waals surface area (Å²) < 4.78 is 9.32. The fourth-order valence-electron chi connectivity index (χ4n) is 1.61. The molecule has 0 spiro atoms. The minimum atomic E-state index is -2.25. The number of hydrogen-bond acceptors (Lipinski definition) is 5. The highest BCUT2D eigenvalue weighted by Gasteiger charge is 2.45. The molecule has 0 heterocycles. The summed E-state index contributed by atoms with van der Waals surface area (Å²) in [6.45, 7) is 5.20. The zero-order chi connectivity index (χ0) is 14.5. The first-order chi connectivity index (χ1) is 8.98. The van der Waals surface area contributed by atoms with Crippen LogP contribution in [0.3, 0.4) is 0 Å². The number of aliphatic hydroxyl groups is 1. The molecule has 0 amide bonds. The van der Waals surface area contributed by atoms with E-state index in [0.29, 0.717) is 0 Å². The van der Waals surface area contributed by atoms with E-state index in [1.54, 1.807) is 25.1 Å². The van der Waals surface area contributed by atoms with Crippen LogP contribution in [-0.4, -0.2) is 30.8 Å². The molecule has 0 saturated heterocycles. The number of carbonyl (C=O) groups is 2. The second-order valence-corrected chi connectivity index (χ2v) is 3.77. The Balaban J connectivity index is 3.25.